The van der Waals surface area contributed by atoms with E-state index in [1.165, 1.54) is 17.3 Å². The van der Waals surface area contributed by atoms with E-state index >= 15 is 0 Å². The predicted octanol–water partition coefficient (Wildman–Crippen LogP) is 2.30. The lowest BCUT2D eigenvalue weighted by atomic mass is 10.1. The molecule has 0 radical (unpaired) electrons. The molecule has 1 heterocycles. The zero-order valence-electron chi connectivity index (χ0n) is 12.0. The van der Waals surface area contributed by atoms with Gasteiger partial charge in [-0.2, -0.15) is 0 Å². The third-order valence-corrected chi connectivity index (χ3v) is 4.15. The lowest BCUT2D eigenvalue weighted by molar-refractivity contribution is -0.136. The monoisotopic (exact) mass is 306 g/mol. The zero-order chi connectivity index (χ0) is 15.4. The number of benzene rings is 1. The molecular weight excluding hydrogens is 288 g/mol. The zero-order valence-corrected chi connectivity index (χ0v) is 12.8. The summed E-state index contributed by atoms with van der Waals surface area (Å²) in [5.41, 5.74) is 2.84. The highest BCUT2D eigenvalue weighted by molar-refractivity contribution is 8.00. The first kappa shape index (κ1) is 15.6. The Bertz CT molecular complexity index is 622. The van der Waals surface area contributed by atoms with E-state index in [1.54, 1.807) is 13.1 Å². The van der Waals surface area contributed by atoms with Crippen molar-refractivity contribution in [2.75, 3.05) is 0 Å². The van der Waals surface area contributed by atoms with Gasteiger partial charge in [-0.3, -0.25) is 4.79 Å². The van der Waals surface area contributed by atoms with Gasteiger partial charge in [-0.25, -0.2) is 4.98 Å². The van der Waals surface area contributed by atoms with Crippen LogP contribution >= 0.6 is 11.8 Å². The number of hydrogen-bond acceptors (Lipinski definition) is 4. The van der Waals surface area contributed by atoms with Gasteiger partial charge in [0.25, 0.3) is 0 Å². The summed E-state index contributed by atoms with van der Waals surface area (Å²) in [5.74, 6) is -0.879. The molecule has 0 aliphatic rings. The van der Waals surface area contributed by atoms with Gasteiger partial charge in [0.2, 0.25) is 0 Å². The summed E-state index contributed by atoms with van der Waals surface area (Å²) in [6.07, 6.45) is 1.76. The predicted molar refractivity (Wildman–Crippen MR) is 81.4 cm³/mol. The van der Waals surface area contributed by atoms with Gasteiger partial charge in [0.05, 0.1) is 12.3 Å². The molecule has 0 bridgehead atoms. The summed E-state index contributed by atoms with van der Waals surface area (Å²) in [6, 6.07) is 8.13. The Labute approximate surface area is 127 Å². The van der Waals surface area contributed by atoms with Gasteiger partial charge in [0, 0.05) is 12.7 Å². The molecule has 0 fully saturated rings. The van der Waals surface area contributed by atoms with Crippen molar-refractivity contribution in [2.45, 2.75) is 37.4 Å². The number of carboxylic acid groups (broad SMARTS) is 1. The molecule has 0 amide bonds. The number of aliphatic hydroxyl groups excluding tert-OH is 1. The van der Waals surface area contributed by atoms with Gasteiger partial charge < -0.3 is 14.8 Å². The number of aliphatic hydroxyl groups is 1. The van der Waals surface area contributed by atoms with Crippen LogP contribution in [-0.4, -0.2) is 31.0 Å². The Morgan fingerprint density at radius 3 is 2.62 bits per heavy atom. The maximum Gasteiger partial charge on any atom is 0.316 e. The Balaban J connectivity index is 2.22. The molecule has 0 unspecified atom stereocenters. The summed E-state index contributed by atoms with van der Waals surface area (Å²) in [6.45, 7) is 4.09. The maximum atomic E-state index is 11.0. The van der Waals surface area contributed by atoms with Crippen molar-refractivity contribution in [3.63, 3.8) is 0 Å². The summed E-state index contributed by atoms with van der Waals surface area (Å²) in [5, 5.41) is 18.2. The smallest absolute Gasteiger partial charge is 0.316 e. The van der Waals surface area contributed by atoms with Crippen molar-refractivity contribution in [1.29, 1.82) is 0 Å². The molecule has 5 nitrogen and oxygen atoms in total. The lowest BCUT2D eigenvalue weighted by Gasteiger charge is -2.09. The second-order valence-corrected chi connectivity index (χ2v) is 6.19. The number of aromatic nitrogens is 2. The van der Waals surface area contributed by atoms with Gasteiger partial charge in [-0.05, 0) is 19.4 Å². The van der Waals surface area contributed by atoms with Crippen LogP contribution in [0.2, 0.25) is 0 Å². The molecular formula is C15H18N2O3S. The summed E-state index contributed by atoms with van der Waals surface area (Å²) < 4.78 is 1.88. The van der Waals surface area contributed by atoms with Crippen LogP contribution in [0.15, 0.2) is 35.6 Å². The van der Waals surface area contributed by atoms with Crippen LogP contribution in [0.1, 0.15) is 23.7 Å². The van der Waals surface area contributed by atoms with Crippen molar-refractivity contribution in [3.05, 3.63) is 47.3 Å². The fourth-order valence-electron chi connectivity index (χ4n) is 1.83. The normalized spacial score (nSPS) is 12.3. The fraction of sp³-hybridized carbons (Fsp3) is 0.333. The number of nitrogens with zero attached hydrogens (tertiary/aromatic N) is 2. The summed E-state index contributed by atoms with van der Waals surface area (Å²) in [7, 11) is 0. The first-order valence-corrected chi connectivity index (χ1v) is 7.49. The first-order valence-electron chi connectivity index (χ1n) is 6.61. The largest absolute Gasteiger partial charge is 0.480 e. The molecule has 1 atom stereocenters. The van der Waals surface area contributed by atoms with E-state index < -0.39 is 11.2 Å². The minimum Gasteiger partial charge on any atom is -0.480 e. The van der Waals surface area contributed by atoms with Gasteiger partial charge in [0.15, 0.2) is 5.16 Å². The van der Waals surface area contributed by atoms with Crippen LogP contribution in [0.25, 0.3) is 0 Å². The molecule has 0 aliphatic carbocycles. The number of aliphatic carboxylic acids is 1. The Hall–Kier alpha value is -1.79. The number of carbonyl (C=O) groups is 1. The van der Waals surface area contributed by atoms with Gasteiger partial charge in [-0.1, -0.05) is 41.6 Å². The molecule has 0 saturated carbocycles. The molecule has 6 heteroatoms. The van der Waals surface area contributed by atoms with Gasteiger partial charge in [-0.15, -0.1) is 0 Å². The van der Waals surface area contributed by atoms with Crippen LogP contribution in [0.3, 0.4) is 0 Å². The lowest BCUT2D eigenvalue weighted by Crippen LogP contribution is -2.13. The van der Waals surface area contributed by atoms with E-state index in [0.717, 1.165) is 5.56 Å². The quantitative estimate of drug-likeness (QED) is 0.801. The second-order valence-electron chi connectivity index (χ2n) is 4.88. The number of thioether (sulfide) groups is 1. The van der Waals surface area contributed by atoms with Crippen LogP contribution in [-0.2, 0) is 17.9 Å². The van der Waals surface area contributed by atoms with Crippen molar-refractivity contribution in [1.82, 2.24) is 9.55 Å². The summed E-state index contributed by atoms with van der Waals surface area (Å²) in [4.78, 5) is 15.3. The SMILES string of the molecule is Cc1ccc(Cn2cc(CO)nc2S[C@@H](C)C(=O)O)cc1. The van der Waals surface area contributed by atoms with Crippen molar-refractivity contribution >= 4 is 17.7 Å². The van der Waals surface area contributed by atoms with Gasteiger partial charge >= 0.3 is 5.97 Å². The summed E-state index contributed by atoms with van der Waals surface area (Å²) >= 11 is 1.18. The molecule has 1 aromatic carbocycles. The Morgan fingerprint density at radius 1 is 1.38 bits per heavy atom. The second kappa shape index (κ2) is 6.78. The third-order valence-electron chi connectivity index (χ3n) is 3.06. The number of hydrogen-bond donors (Lipinski definition) is 2. The molecule has 0 saturated heterocycles. The Morgan fingerprint density at radius 2 is 2.05 bits per heavy atom. The van der Waals surface area contributed by atoms with E-state index in [1.807, 2.05) is 35.8 Å². The standard InChI is InChI=1S/C15H18N2O3S/c1-10-3-5-12(6-4-10)7-17-8-13(9-18)16-15(17)21-11(2)14(19)20/h3-6,8,11,18H,7,9H2,1-2H3,(H,19,20)/t11-/m0/s1. The van der Waals surface area contributed by atoms with E-state index in [9.17, 15) is 9.90 Å². The van der Waals surface area contributed by atoms with E-state index in [4.69, 9.17) is 5.11 Å². The van der Waals surface area contributed by atoms with Crippen LogP contribution in [0, 0.1) is 6.92 Å². The van der Waals surface area contributed by atoms with Crippen molar-refractivity contribution in [3.8, 4) is 0 Å². The number of carboxylic acids is 1. The average Bonchev–Trinajstić information content (AvgIpc) is 2.83. The highest BCUT2D eigenvalue weighted by Crippen LogP contribution is 2.24. The van der Waals surface area contributed by atoms with E-state index in [0.29, 0.717) is 17.4 Å². The highest BCUT2D eigenvalue weighted by Gasteiger charge is 2.17. The molecule has 1 aromatic heterocycles. The minimum absolute atomic E-state index is 0.157. The Kier molecular flexibility index (Phi) is 5.03. The van der Waals surface area contributed by atoms with E-state index in [2.05, 4.69) is 4.98 Å². The van der Waals surface area contributed by atoms with E-state index in [-0.39, 0.29) is 6.61 Å². The molecule has 112 valence electrons. The average molecular weight is 306 g/mol. The van der Waals surface area contributed by atoms with Crippen LogP contribution < -0.4 is 0 Å². The molecule has 21 heavy (non-hydrogen) atoms. The van der Waals surface area contributed by atoms with Crippen LogP contribution in [0.4, 0.5) is 0 Å². The maximum absolute atomic E-state index is 11.0. The van der Waals surface area contributed by atoms with Crippen LogP contribution in [0.5, 0.6) is 0 Å². The third kappa shape index (κ3) is 4.09. The van der Waals surface area contributed by atoms with Crippen molar-refractivity contribution < 1.29 is 15.0 Å². The molecule has 2 rings (SSSR count). The number of rotatable bonds is 6. The molecule has 2 aromatic rings. The van der Waals surface area contributed by atoms with Gasteiger partial charge in [0.1, 0.15) is 5.25 Å². The number of aryl methyl sites for hydroxylation is 1. The number of imidazole rings is 1. The minimum atomic E-state index is -0.879. The fourth-order valence-corrected chi connectivity index (χ4v) is 2.67. The molecule has 0 aliphatic heterocycles. The first-order chi connectivity index (χ1) is 9.99. The van der Waals surface area contributed by atoms with Crippen molar-refractivity contribution in [2.24, 2.45) is 0 Å². The molecule has 0 spiro atoms. The topological polar surface area (TPSA) is 75.3 Å². The molecule has 2 N–H and O–H groups in total. The highest BCUT2D eigenvalue weighted by atomic mass is 32.2.